The summed E-state index contributed by atoms with van der Waals surface area (Å²) >= 11 is 7.58. The Labute approximate surface area is 217 Å². The van der Waals surface area contributed by atoms with Crippen LogP contribution in [0.25, 0.3) is 21.7 Å². The number of benzene rings is 3. The minimum absolute atomic E-state index is 0.0654. The molecule has 3 aromatic carbocycles. The third-order valence-electron chi connectivity index (χ3n) is 5.59. The summed E-state index contributed by atoms with van der Waals surface area (Å²) in [5, 5.41) is 13.7. The van der Waals surface area contributed by atoms with Gasteiger partial charge in [-0.2, -0.15) is 0 Å². The lowest BCUT2D eigenvalue weighted by molar-refractivity contribution is 0.0693. The van der Waals surface area contributed by atoms with Crippen LogP contribution in [0.2, 0.25) is 5.02 Å². The molecule has 0 aliphatic rings. The zero-order valence-electron chi connectivity index (χ0n) is 19.8. The summed E-state index contributed by atoms with van der Waals surface area (Å²) in [4.78, 5) is 29.7. The largest absolute Gasteiger partial charge is 0.496 e. The summed E-state index contributed by atoms with van der Waals surface area (Å²) in [6.07, 6.45) is 0. The number of aromatic carboxylic acids is 1. The van der Waals surface area contributed by atoms with Crippen molar-refractivity contribution in [2.75, 3.05) is 14.2 Å². The highest BCUT2D eigenvalue weighted by Gasteiger charge is 2.18. The molecule has 184 valence electrons. The Morgan fingerprint density at radius 1 is 1.00 bits per heavy atom. The van der Waals surface area contributed by atoms with Crippen molar-refractivity contribution in [2.24, 2.45) is 0 Å². The lowest BCUT2D eigenvalue weighted by Gasteiger charge is -2.13. The number of carboxylic acid groups (broad SMARTS) is 1. The van der Waals surface area contributed by atoms with Crippen molar-refractivity contribution in [1.29, 1.82) is 0 Å². The molecule has 0 radical (unpaired) electrons. The molecule has 2 N–H and O–H groups in total. The molecule has 0 aliphatic heterocycles. The lowest BCUT2D eigenvalue weighted by Crippen LogP contribution is -2.22. The zero-order valence-corrected chi connectivity index (χ0v) is 21.4. The highest BCUT2D eigenvalue weighted by Crippen LogP contribution is 2.33. The van der Waals surface area contributed by atoms with Crippen molar-refractivity contribution in [3.63, 3.8) is 0 Å². The van der Waals surface area contributed by atoms with Crippen molar-refractivity contribution in [3.8, 4) is 33.2 Å². The lowest BCUT2D eigenvalue weighted by atomic mass is 10.00. The van der Waals surface area contributed by atoms with Crippen LogP contribution in [0, 0.1) is 6.92 Å². The second kappa shape index (κ2) is 10.8. The summed E-state index contributed by atoms with van der Waals surface area (Å²) in [6.45, 7) is 1.99. The standard InChI is InChI=1S/C27H23ClN2O5S/c1-15-24(36-26(30-15)19-6-4-5-7-21(19)28)25(31)29-14-18-12-16(8-10-22(18)34-2)17-9-11-23(35-3)20(13-17)27(32)33/h4-13H,14H2,1-3H3,(H,29,31)(H,32,33). The van der Waals surface area contributed by atoms with E-state index in [4.69, 9.17) is 21.1 Å². The maximum absolute atomic E-state index is 13.0. The molecular weight excluding hydrogens is 500 g/mol. The molecule has 0 saturated heterocycles. The summed E-state index contributed by atoms with van der Waals surface area (Å²) < 4.78 is 10.6. The molecule has 0 saturated carbocycles. The van der Waals surface area contributed by atoms with E-state index in [1.807, 2.05) is 30.3 Å². The molecule has 0 bridgehead atoms. The van der Waals surface area contributed by atoms with Crippen molar-refractivity contribution >= 4 is 34.8 Å². The number of ether oxygens (including phenoxy) is 2. The molecule has 36 heavy (non-hydrogen) atoms. The van der Waals surface area contributed by atoms with E-state index in [2.05, 4.69) is 10.3 Å². The summed E-state index contributed by atoms with van der Waals surface area (Å²) in [6, 6.07) is 17.8. The first-order chi connectivity index (χ1) is 17.3. The van der Waals surface area contributed by atoms with E-state index in [-0.39, 0.29) is 23.8 Å². The molecule has 0 atom stereocenters. The van der Waals surface area contributed by atoms with Crippen LogP contribution in [0.1, 0.15) is 31.3 Å². The number of carboxylic acids is 1. The molecular formula is C27H23ClN2O5S. The topological polar surface area (TPSA) is 97.8 Å². The second-order valence-electron chi connectivity index (χ2n) is 7.84. The number of amides is 1. The maximum atomic E-state index is 13.0. The van der Waals surface area contributed by atoms with Gasteiger partial charge in [0, 0.05) is 17.7 Å². The van der Waals surface area contributed by atoms with Gasteiger partial charge in [-0.25, -0.2) is 9.78 Å². The van der Waals surface area contributed by atoms with E-state index in [0.717, 1.165) is 16.7 Å². The molecule has 9 heteroatoms. The van der Waals surface area contributed by atoms with Gasteiger partial charge in [0.05, 0.1) is 24.9 Å². The van der Waals surface area contributed by atoms with E-state index in [1.54, 1.807) is 44.4 Å². The van der Waals surface area contributed by atoms with Crippen molar-refractivity contribution in [3.05, 3.63) is 87.4 Å². The predicted octanol–water partition coefficient (Wildman–Crippen LogP) is 6.08. The van der Waals surface area contributed by atoms with Crippen molar-refractivity contribution in [1.82, 2.24) is 10.3 Å². The number of carbonyl (C=O) groups excluding carboxylic acids is 1. The van der Waals surface area contributed by atoms with Gasteiger partial charge in [0.15, 0.2) is 0 Å². The minimum Gasteiger partial charge on any atom is -0.496 e. The SMILES string of the molecule is COc1ccc(-c2ccc(OC)c(C(=O)O)c2)cc1CNC(=O)c1sc(-c2ccccc2Cl)nc1C. The maximum Gasteiger partial charge on any atom is 0.339 e. The van der Waals surface area contributed by atoms with Crippen LogP contribution in [0.5, 0.6) is 11.5 Å². The fourth-order valence-corrected chi connectivity index (χ4v) is 5.07. The molecule has 7 nitrogen and oxygen atoms in total. The fraction of sp³-hybridized carbons (Fsp3) is 0.148. The number of nitrogens with one attached hydrogen (secondary N) is 1. The summed E-state index contributed by atoms with van der Waals surface area (Å²) in [7, 11) is 2.98. The highest BCUT2D eigenvalue weighted by atomic mass is 35.5. The predicted molar refractivity (Wildman–Crippen MR) is 140 cm³/mol. The monoisotopic (exact) mass is 522 g/mol. The van der Waals surface area contributed by atoms with Gasteiger partial charge in [0.1, 0.15) is 26.9 Å². The summed E-state index contributed by atoms with van der Waals surface area (Å²) in [5.41, 5.74) is 3.68. The quantitative estimate of drug-likeness (QED) is 0.291. The first-order valence-electron chi connectivity index (χ1n) is 10.9. The Balaban J connectivity index is 1.58. The molecule has 0 fully saturated rings. The number of hydrogen-bond acceptors (Lipinski definition) is 6. The number of aromatic nitrogens is 1. The number of nitrogens with zero attached hydrogens (tertiary/aromatic N) is 1. The van der Waals surface area contributed by atoms with Gasteiger partial charge in [-0.05, 0) is 48.4 Å². The Kier molecular flexibility index (Phi) is 7.57. The molecule has 4 aromatic rings. The van der Waals surface area contributed by atoms with Gasteiger partial charge < -0.3 is 19.9 Å². The third-order valence-corrected chi connectivity index (χ3v) is 7.11. The molecule has 1 heterocycles. The number of thiazole rings is 1. The average molecular weight is 523 g/mol. The molecule has 0 unspecified atom stereocenters. The third kappa shape index (κ3) is 5.19. The van der Waals surface area contributed by atoms with Gasteiger partial charge in [0.25, 0.3) is 5.91 Å². The van der Waals surface area contributed by atoms with Gasteiger partial charge >= 0.3 is 5.97 Å². The van der Waals surface area contributed by atoms with Crippen molar-refractivity contribution < 1.29 is 24.2 Å². The highest BCUT2D eigenvalue weighted by molar-refractivity contribution is 7.17. The normalized spacial score (nSPS) is 10.7. The van der Waals surface area contributed by atoms with Gasteiger partial charge in [0.2, 0.25) is 0 Å². The summed E-state index contributed by atoms with van der Waals surface area (Å²) in [5.74, 6) is -0.453. The Morgan fingerprint density at radius 3 is 2.33 bits per heavy atom. The first-order valence-corrected chi connectivity index (χ1v) is 12.1. The number of halogens is 1. The second-order valence-corrected chi connectivity index (χ2v) is 9.25. The number of rotatable bonds is 8. The number of methoxy groups -OCH3 is 2. The average Bonchev–Trinajstić information content (AvgIpc) is 3.28. The van der Waals surface area contributed by atoms with Crippen LogP contribution >= 0.6 is 22.9 Å². The van der Waals surface area contributed by atoms with E-state index >= 15 is 0 Å². The number of carbonyl (C=O) groups is 2. The molecule has 1 amide bonds. The van der Waals surface area contributed by atoms with Crippen molar-refractivity contribution in [2.45, 2.75) is 13.5 Å². The molecule has 0 spiro atoms. The van der Waals surface area contributed by atoms with E-state index < -0.39 is 5.97 Å². The van der Waals surface area contributed by atoms with Crippen LogP contribution in [0.3, 0.4) is 0 Å². The van der Waals surface area contributed by atoms with E-state index in [9.17, 15) is 14.7 Å². The van der Waals surface area contributed by atoms with E-state index in [0.29, 0.717) is 31.9 Å². The van der Waals surface area contributed by atoms with Crippen LogP contribution < -0.4 is 14.8 Å². The van der Waals surface area contributed by atoms with Crippen LogP contribution in [0.4, 0.5) is 0 Å². The molecule has 1 aromatic heterocycles. The Morgan fingerprint density at radius 2 is 1.67 bits per heavy atom. The fourth-order valence-electron chi connectivity index (χ4n) is 3.76. The Bertz CT molecular complexity index is 1450. The first kappa shape index (κ1) is 25.2. The molecule has 0 aliphatic carbocycles. The van der Waals surface area contributed by atoms with Gasteiger partial charge in [-0.15, -0.1) is 11.3 Å². The Hall–Kier alpha value is -3.88. The molecule has 4 rings (SSSR count). The van der Waals surface area contributed by atoms with Crippen LogP contribution in [-0.2, 0) is 6.54 Å². The van der Waals surface area contributed by atoms with Crippen LogP contribution in [0.15, 0.2) is 60.7 Å². The smallest absolute Gasteiger partial charge is 0.339 e. The van der Waals surface area contributed by atoms with E-state index in [1.165, 1.54) is 18.4 Å². The van der Waals surface area contributed by atoms with Gasteiger partial charge in [-0.3, -0.25) is 4.79 Å². The van der Waals surface area contributed by atoms with Gasteiger partial charge in [-0.1, -0.05) is 41.9 Å². The number of hydrogen-bond donors (Lipinski definition) is 2. The number of aryl methyl sites for hydroxylation is 1. The minimum atomic E-state index is -1.08. The van der Waals surface area contributed by atoms with Crippen LogP contribution in [-0.4, -0.2) is 36.2 Å². The zero-order chi connectivity index (χ0) is 25.8.